The highest BCUT2D eigenvalue weighted by atomic mass is 32.1. The molecule has 0 bridgehead atoms. The van der Waals surface area contributed by atoms with Crippen LogP contribution in [-0.2, 0) is 0 Å². The van der Waals surface area contributed by atoms with E-state index in [1.807, 2.05) is 90.2 Å². The fraction of sp³-hybridized carbons (Fsp3) is 0. The van der Waals surface area contributed by atoms with Crippen LogP contribution in [0.5, 0.6) is 0 Å². The van der Waals surface area contributed by atoms with Crippen LogP contribution in [-0.4, -0.2) is 19.9 Å². The summed E-state index contributed by atoms with van der Waals surface area (Å²) in [5, 5.41) is 4.38. The van der Waals surface area contributed by atoms with Crippen LogP contribution >= 0.6 is 11.3 Å². The maximum Gasteiger partial charge on any atom is 0.164 e. The third-order valence-corrected chi connectivity index (χ3v) is 10.0. The standard InChI is InChI=1S/C42H24N4OS/c1-3-12-25(13-4-1)40-44-41(26-14-5-2-6-15-26)46-42(45-40)31-22-28(29-18-11-21-36-37(29)30-17-8-10-20-35(30)48-36)24-33-38(31)39-34(47-33)23-27-16-7-9-19-32(27)43-39/h1-24H. The fourth-order valence-electron chi connectivity index (χ4n) is 6.69. The Labute approximate surface area is 278 Å². The minimum atomic E-state index is 0.564. The van der Waals surface area contributed by atoms with E-state index in [0.29, 0.717) is 17.5 Å². The van der Waals surface area contributed by atoms with Crippen molar-refractivity contribution >= 4 is 64.5 Å². The molecule has 0 aliphatic carbocycles. The Kier molecular flexibility index (Phi) is 5.98. The van der Waals surface area contributed by atoms with Crippen LogP contribution in [0.1, 0.15) is 0 Å². The lowest BCUT2D eigenvalue weighted by atomic mass is 9.95. The van der Waals surface area contributed by atoms with E-state index in [1.165, 1.54) is 20.2 Å². The number of benzene rings is 6. The number of rotatable bonds is 4. The quantitative estimate of drug-likeness (QED) is 0.193. The average molecular weight is 633 g/mol. The number of nitrogens with zero attached hydrogens (tertiary/aromatic N) is 4. The van der Waals surface area contributed by atoms with Crippen molar-refractivity contribution in [2.75, 3.05) is 0 Å². The molecule has 224 valence electrons. The van der Waals surface area contributed by atoms with Crippen molar-refractivity contribution in [1.29, 1.82) is 0 Å². The molecule has 4 aromatic heterocycles. The molecule has 0 atom stereocenters. The summed E-state index contributed by atoms with van der Waals surface area (Å²) in [6, 6.07) is 49.8. The number of furan rings is 1. The van der Waals surface area contributed by atoms with E-state index in [4.69, 9.17) is 24.4 Å². The first-order valence-electron chi connectivity index (χ1n) is 15.8. The van der Waals surface area contributed by atoms with Crippen LogP contribution in [0, 0.1) is 0 Å². The molecule has 0 radical (unpaired) electrons. The van der Waals surface area contributed by atoms with Gasteiger partial charge in [-0.25, -0.2) is 19.9 Å². The van der Waals surface area contributed by atoms with Crippen molar-refractivity contribution in [3.05, 3.63) is 146 Å². The zero-order valence-electron chi connectivity index (χ0n) is 25.5. The molecule has 0 N–H and O–H groups in total. The summed E-state index contributed by atoms with van der Waals surface area (Å²) in [4.78, 5) is 20.4. The summed E-state index contributed by atoms with van der Waals surface area (Å²) >= 11 is 1.81. The lowest BCUT2D eigenvalue weighted by molar-refractivity contribution is 0.669. The maximum atomic E-state index is 6.66. The van der Waals surface area contributed by atoms with E-state index in [1.54, 1.807) is 0 Å². The minimum absolute atomic E-state index is 0.564. The highest BCUT2D eigenvalue weighted by Gasteiger charge is 2.22. The van der Waals surface area contributed by atoms with Gasteiger partial charge in [0.2, 0.25) is 0 Å². The summed E-state index contributed by atoms with van der Waals surface area (Å²) in [5.74, 6) is 1.78. The highest BCUT2D eigenvalue weighted by molar-refractivity contribution is 7.25. The van der Waals surface area contributed by atoms with E-state index in [9.17, 15) is 0 Å². The van der Waals surface area contributed by atoms with Crippen molar-refractivity contribution in [2.24, 2.45) is 0 Å². The Morgan fingerprint density at radius 1 is 0.438 bits per heavy atom. The van der Waals surface area contributed by atoms with Crippen molar-refractivity contribution in [1.82, 2.24) is 19.9 Å². The molecule has 6 aromatic carbocycles. The summed E-state index contributed by atoms with van der Waals surface area (Å²) in [6.07, 6.45) is 0. The number of hydrogen-bond acceptors (Lipinski definition) is 6. The van der Waals surface area contributed by atoms with Crippen molar-refractivity contribution in [3.8, 4) is 45.3 Å². The molecule has 6 heteroatoms. The number of thiophene rings is 1. The predicted molar refractivity (Wildman–Crippen MR) is 197 cm³/mol. The van der Waals surface area contributed by atoms with Gasteiger partial charge in [0.15, 0.2) is 23.1 Å². The van der Waals surface area contributed by atoms with E-state index in [2.05, 4.69) is 66.7 Å². The van der Waals surface area contributed by atoms with Gasteiger partial charge in [-0.2, -0.15) is 0 Å². The Bertz CT molecular complexity index is 2780. The van der Waals surface area contributed by atoms with Gasteiger partial charge in [0, 0.05) is 42.2 Å². The first kappa shape index (κ1) is 26.9. The second-order valence-corrected chi connectivity index (χ2v) is 12.9. The molecule has 0 unspecified atom stereocenters. The first-order chi connectivity index (χ1) is 23.8. The third kappa shape index (κ3) is 4.31. The molecule has 4 heterocycles. The summed E-state index contributed by atoms with van der Waals surface area (Å²) < 4.78 is 9.17. The van der Waals surface area contributed by atoms with Crippen LogP contribution in [0.25, 0.3) is 98.4 Å². The molecule has 0 aliphatic rings. The van der Waals surface area contributed by atoms with Gasteiger partial charge in [0.25, 0.3) is 0 Å². The Hall–Kier alpha value is -6.24. The van der Waals surface area contributed by atoms with E-state index in [-0.39, 0.29) is 0 Å². The van der Waals surface area contributed by atoms with Gasteiger partial charge in [-0.05, 0) is 47.5 Å². The number of hydrogen-bond donors (Lipinski definition) is 0. The van der Waals surface area contributed by atoms with Crippen LogP contribution in [0.15, 0.2) is 150 Å². The lowest BCUT2D eigenvalue weighted by Crippen LogP contribution is -2.00. The Morgan fingerprint density at radius 3 is 1.90 bits per heavy atom. The molecule has 0 aliphatic heterocycles. The fourth-order valence-corrected chi connectivity index (χ4v) is 7.82. The zero-order valence-corrected chi connectivity index (χ0v) is 26.3. The first-order valence-corrected chi connectivity index (χ1v) is 16.6. The normalized spacial score (nSPS) is 11.8. The van der Waals surface area contributed by atoms with Crippen molar-refractivity contribution in [3.63, 3.8) is 0 Å². The Morgan fingerprint density at radius 2 is 1.10 bits per heavy atom. The van der Waals surface area contributed by atoms with Gasteiger partial charge in [0.1, 0.15) is 11.1 Å². The molecular formula is C42H24N4OS. The molecule has 0 saturated heterocycles. The lowest BCUT2D eigenvalue weighted by Gasteiger charge is -2.11. The molecule has 0 amide bonds. The number of fused-ring (bicyclic) bond motifs is 7. The van der Waals surface area contributed by atoms with Crippen LogP contribution in [0.4, 0.5) is 0 Å². The maximum absolute atomic E-state index is 6.66. The van der Waals surface area contributed by atoms with Gasteiger partial charge in [-0.15, -0.1) is 11.3 Å². The van der Waals surface area contributed by atoms with Gasteiger partial charge < -0.3 is 4.42 Å². The molecule has 0 fully saturated rings. The monoisotopic (exact) mass is 632 g/mol. The third-order valence-electron chi connectivity index (χ3n) is 8.90. The topological polar surface area (TPSA) is 64.7 Å². The molecule has 10 rings (SSSR count). The van der Waals surface area contributed by atoms with Crippen LogP contribution in [0.2, 0.25) is 0 Å². The second kappa shape index (κ2) is 10.7. The Balaban J connectivity index is 1.32. The molecular weight excluding hydrogens is 609 g/mol. The summed E-state index contributed by atoms with van der Waals surface area (Å²) in [5.41, 5.74) is 7.99. The van der Waals surface area contributed by atoms with Crippen LogP contribution in [0.3, 0.4) is 0 Å². The molecule has 5 nitrogen and oxygen atoms in total. The van der Waals surface area contributed by atoms with Gasteiger partial charge >= 0.3 is 0 Å². The summed E-state index contributed by atoms with van der Waals surface area (Å²) in [7, 11) is 0. The predicted octanol–water partition coefficient (Wildman–Crippen LogP) is 11.4. The van der Waals surface area contributed by atoms with Crippen LogP contribution < -0.4 is 0 Å². The largest absolute Gasteiger partial charge is 0.454 e. The smallest absolute Gasteiger partial charge is 0.164 e. The zero-order chi connectivity index (χ0) is 31.6. The van der Waals surface area contributed by atoms with E-state index >= 15 is 0 Å². The van der Waals surface area contributed by atoms with Gasteiger partial charge in [-0.1, -0.05) is 109 Å². The van der Waals surface area contributed by atoms with E-state index < -0.39 is 0 Å². The van der Waals surface area contributed by atoms with Gasteiger partial charge in [-0.3, -0.25) is 0 Å². The molecule has 0 saturated carbocycles. The molecule has 10 aromatic rings. The van der Waals surface area contributed by atoms with Crippen molar-refractivity contribution in [2.45, 2.75) is 0 Å². The number of pyridine rings is 1. The molecule has 48 heavy (non-hydrogen) atoms. The highest BCUT2D eigenvalue weighted by Crippen LogP contribution is 2.44. The van der Waals surface area contributed by atoms with Crippen molar-refractivity contribution < 1.29 is 4.42 Å². The summed E-state index contributed by atoms with van der Waals surface area (Å²) in [6.45, 7) is 0. The number of para-hydroxylation sites is 1. The number of aromatic nitrogens is 4. The average Bonchev–Trinajstić information content (AvgIpc) is 3.72. The minimum Gasteiger partial charge on any atom is -0.454 e. The second-order valence-electron chi connectivity index (χ2n) is 11.8. The van der Waals surface area contributed by atoms with Gasteiger partial charge in [0.05, 0.1) is 10.9 Å². The molecule has 0 spiro atoms. The van der Waals surface area contributed by atoms with E-state index in [0.717, 1.165) is 60.8 Å². The SMILES string of the molecule is c1ccc(-c2nc(-c3ccccc3)nc(-c3cc(-c4cccc5sc6ccccc6c45)cc4oc5cc6ccccc6nc5c34)n2)cc1.